The van der Waals surface area contributed by atoms with Gasteiger partial charge in [-0.15, -0.1) is 0 Å². The summed E-state index contributed by atoms with van der Waals surface area (Å²) < 4.78 is 10.8. The molecule has 0 saturated carbocycles. The summed E-state index contributed by atoms with van der Waals surface area (Å²) in [4.78, 5) is 11.3. The van der Waals surface area contributed by atoms with E-state index in [1.54, 1.807) is 0 Å². The van der Waals surface area contributed by atoms with E-state index in [4.69, 9.17) is 9.47 Å². The van der Waals surface area contributed by atoms with Crippen LogP contribution in [0.1, 0.15) is 83.6 Å². The van der Waals surface area contributed by atoms with Crippen LogP contribution in [0.25, 0.3) is 6.08 Å². The molecule has 1 rings (SSSR count). The monoisotopic (exact) mass is 416 g/mol. The van der Waals surface area contributed by atoms with E-state index in [2.05, 4.69) is 6.92 Å². The molecule has 0 saturated heterocycles. The maximum atomic E-state index is 11.3. The number of carbonyl (C=O) groups is 1. The van der Waals surface area contributed by atoms with Crippen LogP contribution in [-0.4, -0.2) is 30.4 Å². The highest BCUT2D eigenvalue weighted by Crippen LogP contribution is 2.20. The molecule has 0 aliphatic heterocycles. The first-order chi connectivity index (χ1) is 14.7. The van der Waals surface area contributed by atoms with Gasteiger partial charge in [0.1, 0.15) is 5.75 Å². The predicted octanol–water partition coefficient (Wildman–Crippen LogP) is 6.48. The molecule has 1 N–H and O–H groups in total. The zero-order valence-electron chi connectivity index (χ0n) is 18.9. The fourth-order valence-corrected chi connectivity index (χ4v) is 3.12. The van der Waals surface area contributed by atoms with Gasteiger partial charge < -0.3 is 14.6 Å². The van der Waals surface area contributed by atoms with Crippen LogP contribution in [-0.2, 0) is 9.53 Å². The summed E-state index contributed by atoms with van der Waals surface area (Å²) in [6.45, 7) is 5.04. The minimum Gasteiger partial charge on any atom is -0.493 e. The Hall–Kier alpha value is -2.07. The van der Waals surface area contributed by atoms with Gasteiger partial charge in [-0.3, -0.25) is 4.79 Å². The van der Waals surface area contributed by atoms with Crippen LogP contribution in [0.15, 0.2) is 42.5 Å². The maximum absolute atomic E-state index is 11.3. The molecule has 0 aromatic heterocycles. The van der Waals surface area contributed by atoms with Crippen molar-refractivity contribution in [3.05, 3.63) is 48.1 Å². The number of esters is 1. The molecule has 4 heteroatoms. The van der Waals surface area contributed by atoms with Gasteiger partial charge in [-0.05, 0) is 32.3 Å². The van der Waals surface area contributed by atoms with Gasteiger partial charge >= 0.3 is 5.97 Å². The van der Waals surface area contributed by atoms with Crippen LogP contribution in [0, 0.1) is 0 Å². The number of aliphatic hydroxyl groups is 1. The van der Waals surface area contributed by atoms with Crippen LogP contribution < -0.4 is 4.74 Å². The summed E-state index contributed by atoms with van der Waals surface area (Å²) in [5.41, 5.74) is 0.998. The fraction of sp³-hybridized carbons (Fsp3) is 0.577. The lowest BCUT2D eigenvalue weighted by atomic mass is 10.1. The first kappa shape index (κ1) is 26.0. The van der Waals surface area contributed by atoms with Crippen molar-refractivity contribution >= 4 is 12.0 Å². The molecule has 0 radical (unpaired) electrons. The third kappa shape index (κ3) is 13.2. The molecular formula is C26H40O4. The van der Waals surface area contributed by atoms with E-state index < -0.39 is 0 Å². The second-order valence-corrected chi connectivity index (χ2v) is 7.52. The van der Waals surface area contributed by atoms with E-state index in [1.165, 1.54) is 32.1 Å². The van der Waals surface area contributed by atoms with Gasteiger partial charge in [-0.2, -0.15) is 0 Å². The lowest BCUT2D eigenvalue weighted by molar-refractivity contribution is -0.143. The Kier molecular flexibility index (Phi) is 15.4. The maximum Gasteiger partial charge on any atom is 0.305 e. The van der Waals surface area contributed by atoms with E-state index >= 15 is 0 Å². The Morgan fingerprint density at radius 2 is 1.77 bits per heavy atom. The largest absolute Gasteiger partial charge is 0.493 e. The van der Waals surface area contributed by atoms with Crippen molar-refractivity contribution in [3.8, 4) is 5.75 Å². The van der Waals surface area contributed by atoms with Crippen molar-refractivity contribution in [2.45, 2.75) is 84.2 Å². The average Bonchev–Trinajstić information content (AvgIpc) is 2.74. The van der Waals surface area contributed by atoms with Gasteiger partial charge in [0.05, 0.1) is 19.3 Å². The molecule has 1 atom stereocenters. The number of carbonyl (C=O) groups excluding carboxylic acids is 1. The van der Waals surface area contributed by atoms with Crippen molar-refractivity contribution < 1.29 is 19.4 Å². The molecule has 0 amide bonds. The molecule has 0 spiro atoms. The number of allylic oxidation sites excluding steroid dienone is 2. The van der Waals surface area contributed by atoms with Gasteiger partial charge in [0.15, 0.2) is 0 Å². The minimum atomic E-state index is -0.383. The van der Waals surface area contributed by atoms with Gasteiger partial charge in [0.2, 0.25) is 0 Å². The predicted molar refractivity (Wildman–Crippen MR) is 125 cm³/mol. The number of unbranched alkanes of at least 4 members (excludes halogenated alkanes) is 6. The highest BCUT2D eigenvalue weighted by atomic mass is 16.5. The average molecular weight is 417 g/mol. The molecule has 1 aromatic rings. The number of ether oxygens (including phenoxy) is 2. The normalized spacial score (nSPS) is 12.5. The molecule has 168 valence electrons. The standard InChI is InChI=1S/C26H40O4/c1-3-5-6-7-8-9-18-24(27)19-12-10-16-23-17-11-13-20-25(23)30-22-15-14-21-26(28)29-4-2/h10-13,16-17,19-20,24,27H,3-9,14-15,18,21-22H2,1-2H3. The van der Waals surface area contributed by atoms with E-state index in [0.29, 0.717) is 19.6 Å². The second-order valence-electron chi connectivity index (χ2n) is 7.52. The molecule has 0 aliphatic carbocycles. The lowest BCUT2D eigenvalue weighted by Gasteiger charge is -2.09. The van der Waals surface area contributed by atoms with Gasteiger partial charge in [0.25, 0.3) is 0 Å². The zero-order valence-corrected chi connectivity index (χ0v) is 18.9. The third-order valence-corrected chi connectivity index (χ3v) is 4.83. The molecule has 0 heterocycles. The smallest absolute Gasteiger partial charge is 0.305 e. The van der Waals surface area contributed by atoms with E-state index in [0.717, 1.165) is 37.0 Å². The van der Waals surface area contributed by atoms with Crippen molar-refractivity contribution in [1.29, 1.82) is 0 Å². The Balaban J connectivity index is 2.31. The highest BCUT2D eigenvalue weighted by molar-refractivity contribution is 5.69. The molecule has 30 heavy (non-hydrogen) atoms. The molecule has 0 aliphatic rings. The van der Waals surface area contributed by atoms with Crippen LogP contribution in [0.5, 0.6) is 5.75 Å². The summed E-state index contributed by atoms with van der Waals surface area (Å²) >= 11 is 0. The summed E-state index contributed by atoms with van der Waals surface area (Å²) in [6.07, 6.45) is 17.5. The van der Waals surface area contributed by atoms with E-state index in [9.17, 15) is 9.90 Å². The molecule has 1 aromatic carbocycles. The number of rotatable bonds is 17. The Labute approximate surface area is 183 Å². The first-order valence-corrected chi connectivity index (χ1v) is 11.6. The van der Waals surface area contributed by atoms with Gasteiger partial charge in [-0.25, -0.2) is 0 Å². The highest BCUT2D eigenvalue weighted by Gasteiger charge is 2.03. The number of aliphatic hydroxyl groups excluding tert-OH is 1. The van der Waals surface area contributed by atoms with Crippen LogP contribution >= 0.6 is 0 Å². The zero-order chi connectivity index (χ0) is 21.9. The van der Waals surface area contributed by atoms with Crippen molar-refractivity contribution in [3.63, 3.8) is 0 Å². The lowest BCUT2D eigenvalue weighted by Crippen LogP contribution is -2.05. The molecule has 0 fully saturated rings. The van der Waals surface area contributed by atoms with Crippen molar-refractivity contribution in [2.75, 3.05) is 13.2 Å². The molecule has 0 bridgehead atoms. The Bertz CT molecular complexity index is 621. The number of hydrogen-bond acceptors (Lipinski definition) is 4. The molecule has 4 nitrogen and oxygen atoms in total. The first-order valence-electron chi connectivity index (χ1n) is 11.6. The van der Waals surface area contributed by atoms with E-state index in [-0.39, 0.29) is 12.1 Å². The summed E-state index contributed by atoms with van der Waals surface area (Å²) in [5.74, 6) is 0.678. The fourth-order valence-electron chi connectivity index (χ4n) is 3.12. The summed E-state index contributed by atoms with van der Waals surface area (Å²) in [6, 6.07) is 7.88. The van der Waals surface area contributed by atoms with E-state index in [1.807, 2.05) is 55.5 Å². The topological polar surface area (TPSA) is 55.8 Å². The summed E-state index contributed by atoms with van der Waals surface area (Å²) in [5, 5.41) is 10.1. The SMILES string of the molecule is CCCCCCCCC(O)C=CC=Cc1ccccc1OCCCCC(=O)OCC. The Morgan fingerprint density at radius 1 is 1.00 bits per heavy atom. The minimum absolute atomic E-state index is 0.147. The van der Waals surface area contributed by atoms with Crippen molar-refractivity contribution in [1.82, 2.24) is 0 Å². The van der Waals surface area contributed by atoms with Crippen LogP contribution in [0.4, 0.5) is 0 Å². The quantitative estimate of drug-likeness (QED) is 0.179. The van der Waals surface area contributed by atoms with Crippen LogP contribution in [0.3, 0.4) is 0 Å². The Morgan fingerprint density at radius 3 is 2.57 bits per heavy atom. The number of benzene rings is 1. The summed E-state index contributed by atoms with van der Waals surface area (Å²) in [7, 11) is 0. The van der Waals surface area contributed by atoms with Gasteiger partial charge in [-0.1, -0.05) is 88.0 Å². The molecular weight excluding hydrogens is 376 g/mol. The third-order valence-electron chi connectivity index (χ3n) is 4.83. The molecule has 1 unspecified atom stereocenters. The second kappa shape index (κ2) is 17.8. The van der Waals surface area contributed by atoms with Gasteiger partial charge in [0, 0.05) is 12.0 Å². The van der Waals surface area contributed by atoms with Crippen LogP contribution in [0.2, 0.25) is 0 Å². The number of hydrogen-bond donors (Lipinski definition) is 1. The number of para-hydroxylation sites is 1. The van der Waals surface area contributed by atoms with Crippen molar-refractivity contribution in [2.24, 2.45) is 0 Å².